The number of benzene rings is 2. The summed E-state index contributed by atoms with van der Waals surface area (Å²) in [6.07, 6.45) is 0.994. The molecule has 0 aliphatic carbocycles. The second-order valence-corrected chi connectivity index (χ2v) is 9.16. The second kappa shape index (κ2) is 8.73. The molecule has 5 nitrogen and oxygen atoms in total. The molecule has 160 valence electrons. The van der Waals surface area contributed by atoms with Gasteiger partial charge < -0.3 is 14.6 Å². The van der Waals surface area contributed by atoms with Crippen LogP contribution in [0.5, 0.6) is 5.75 Å². The third kappa shape index (κ3) is 4.31. The molecule has 0 spiro atoms. The van der Waals surface area contributed by atoms with E-state index in [-0.39, 0.29) is 5.56 Å². The zero-order chi connectivity index (χ0) is 21.2. The maximum absolute atomic E-state index is 11.4. The van der Waals surface area contributed by atoms with Gasteiger partial charge in [-0.05, 0) is 61.2 Å². The molecule has 5 rings (SSSR count). The average Bonchev–Trinajstić information content (AvgIpc) is 3.26. The Morgan fingerprint density at radius 3 is 2.97 bits per heavy atom. The van der Waals surface area contributed by atoms with Crippen LogP contribution < -0.4 is 15.2 Å². The molecule has 1 aliphatic heterocycles. The van der Waals surface area contributed by atoms with Crippen LogP contribution in [0.2, 0.25) is 0 Å². The molecule has 6 heteroatoms. The average molecular weight is 434 g/mol. The van der Waals surface area contributed by atoms with Gasteiger partial charge in [0.2, 0.25) is 5.56 Å². The first kappa shape index (κ1) is 20.1. The molecule has 1 aliphatic rings. The van der Waals surface area contributed by atoms with Crippen LogP contribution in [0.1, 0.15) is 13.3 Å². The van der Waals surface area contributed by atoms with E-state index in [9.17, 15) is 4.79 Å². The lowest BCUT2D eigenvalue weighted by molar-refractivity contribution is 0.173. The summed E-state index contributed by atoms with van der Waals surface area (Å²) in [5.74, 6) is 0.848. The van der Waals surface area contributed by atoms with E-state index in [1.54, 1.807) is 6.07 Å². The van der Waals surface area contributed by atoms with Gasteiger partial charge >= 0.3 is 0 Å². The van der Waals surface area contributed by atoms with Gasteiger partial charge in [-0.3, -0.25) is 9.69 Å². The second-order valence-electron chi connectivity index (χ2n) is 8.21. The normalized spacial score (nSPS) is 17.5. The van der Waals surface area contributed by atoms with Crippen molar-refractivity contribution in [2.24, 2.45) is 0 Å². The van der Waals surface area contributed by atoms with Crippen molar-refractivity contribution < 1.29 is 4.74 Å². The van der Waals surface area contributed by atoms with E-state index in [2.05, 4.69) is 51.4 Å². The Bertz CT molecular complexity index is 1250. The van der Waals surface area contributed by atoms with Gasteiger partial charge in [-0.25, -0.2) is 0 Å². The Hall–Kier alpha value is -2.83. The maximum atomic E-state index is 11.4. The number of nitrogens with one attached hydrogen (secondary N) is 1. The lowest BCUT2D eigenvalue weighted by Crippen LogP contribution is -2.52. The minimum atomic E-state index is -0.0811. The number of thiophene rings is 1. The molecule has 3 heterocycles. The standard InChI is InChI=1S/C25H27N3O2S/c1-18-17-28(23-4-2-5-24-21(23)10-15-31-24)13-12-27(18)11-3-14-30-20-7-8-22-19(16-20)6-9-25(29)26-22/h2,4-10,15-16,18H,3,11-14,17H2,1H3,(H,26,29). The summed E-state index contributed by atoms with van der Waals surface area (Å²) in [6.45, 7) is 7.24. The van der Waals surface area contributed by atoms with Gasteiger partial charge in [-0.2, -0.15) is 0 Å². The van der Waals surface area contributed by atoms with E-state index in [4.69, 9.17) is 4.74 Å². The SMILES string of the molecule is CC1CN(c2cccc3sccc23)CCN1CCCOc1ccc2[nH]c(=O)ccc2c1. The fourth-order valence-electron chi connectivity index (χ4n) is 4.48. The van der Waals surface area contributed by atoms with Crippen molar-refractivity contribution in [2.75, 3.05) is 37.7 Å². The zero-order valence-corrected chi connectivity index (χ0v) is 18.5. The first-order chi connectivity index (χ1) is 15.2. The number of hydrogen-bond donors (Lipinski definition) is 1. The number of fused-ring (bicyclic) bond motifs is 2. The molecule has 1 saturated heterocycles. The Morgan fingerprint density at radius 2 is 2.06 bits per heavy atom. The van der Waals surface area contributed by atoms with E-state index < -0.39 is 0 Å². The number of hydrogen-bond acceptors (Lipinski definition) is 5. The van der Waals surface area contributed by atoms with Crippen molar-refractivity contribution in [3.8, 4) is 5.75 Å². The Labute approximate surface area is 185 Å². The van der Waals surface area contributed by atoms with Crippen LogP contribution in [0.25, 0.3) is 21.0 Å². The molecule has 0 amide bonds. The molecule has 1 N–H and O–H groups in total. The quantitative estimate of drug-likeness (QED) is 0.447. The summed E-state index contributed by atoms with van der Waals surface area (Å²) < 4.78 is 7.34. The molecular formula is C25H27N3O2S. The van der Waals surface area contributed by atoms with Crippen LogP contribution in [-0.4, -0.2) is 48.7 Å². The minimum Gasteiger partial charge on any atom is -0.494 e. The lowest BCUT2D eigenvalue weighted by Gasteiger charge is -2.41. The van der Waals surface area contributed by atoms with Crippen molar-refractivity contribution >= 4 is 38.0 Å². The highest BCUT2D eigenvalue weighted by atomic mass is 32.1. The van der Waals surface area contributed by atoms with Crippen molar-refractivity contribution in [3.05, 3.63) is 70.3 Å². The maximum Gasteiger partial charge on any atom is 0.248 e. The first-order valence-electron chi connectivity index (χ1n) is 10.9. The monoisotopic (exact) mass is 433 g/mol. The predicted molar refractivity (Wildman–Crippen MR) is 130 cm³/mol. The molecular weight excluding hydrogens is 406 g/mol. The van der Waals surface area contributed by atoms with Crippen molar-refractivity contribution in [3.63, 3.8) is 0 Å². The Morgan fingerprint density at radius 1 is 1.13 bits per heavy atom. The molecule has 4 aromatic rings. The summed E-state index contributed by atoms with van der Waals surface area (Å²) in [5, 5.41) is 4.55. The van der Waals surface area contributed by atoms with Crippen LogP contribution >= 0.6 is 11.3 Å². The molecule has 2 aromatic carbocycles. The molecule has 31 heavy (non-hydrogen) atoms. The minimum absolute atomic E-state index is 0.0811. The van der Waals surface area contributed by atoms with E-state index in [0.717, 1.165) is 49.3 Å². The third-order valence-electron chi connectivity index (χ3n) is 6.13. The van der Waals surface area contributed by atoms with Gasteiger partial charge in [0.05, 0.1) is 6.61 Å². The van der Waals surface area contributed by atoms with Gasteiger partial charge in [-0.1, -0.05) is 6.07 Å². The van der Waals surface area contributed by atoms with E-state index in [1.807, 2.05) is 35.6 Å². The van der Waals surface area contributed by atoms with E-state index in [0.29, 0.717) is 12.6 Å². The summed E-state index contributed by atoms with van der Waals surface area (Å²) in [4.78, 5) is 19.3. The highest BCUT2D eigenvalue weighted by Gasteiger charge is 2.24. The molecule has 0 saturated carbocycles. The van der Waals surface area contributed by atoms with Gasteiger partial charge in [0.15, 0.2) is 0 Å². The summed E-state index contributed by atoms with van der Waals surface area (Å²) in [7, 11) is 0. The number of pyridine rings is 1. The summed E-state index contributed by atoms with van der Waals surface area (Å²) >= 11 is 1.81. The van der Waals surface area contributed by atoms with Crippen LogP contribution in [-0.2, 0) is 0 Å². The van der Waals surface area contributed by atoms with E-state index >= 15 is 0 Å². The number of rotatable bonds is 6. The number of piperazine rings is 1. The van der Waals surface area contributed by atoms with Gasteiger partial charge in [0.25, 0.3) is 0 Å². The molecule has 1 atom stereocenters. The van der Waals surface area contributed by atoms with Crippen LogP contribution in [0.3, 0.4) is 0 Å². The van der Waals surface area contributed by atoms with Crippen LogP contribution in [0, 0.1) is 0 Å². The summed E-state index contributed by atoms with van der Waals surface area (Å²) in [6, 6.07) is 18.6. The third-order valence-corrected chi connectivity index (χ3v) is 7.01. The van der Waals surface area contributed by atoms with Crippen molar-refractivity contribution in [2.45, 2.75) is 19.4 Å². The predicted octanol–water partition coefficient (Wildman–Crippen LogP) is 4.72. The Kier molecular flexibility index (Phi) is 5.66. The van der Waals surface area contributed by atoms with E-state index in [1.165, 1.54) is 15.8 Å². The van der Waals surface area contributed by atoms with Crippen molar-refractivity contribution in [1.29, 1.82) is 0 Å². The first-order valence-corrected chi connectivity index (χ1v) is 11.8. The highest BCUT2D eigenvalue weighted by molar-refractivity contribution is 7.17. The van der Waals surface area contributed by atoms with Gasteiger partial charge in [-0.15, -0.1) is 11.3 Å². The number of aromatic amines is 1. The topological polar surface area (TPSA) is 48.6 Å². The van der Waals surface area contributed by atoms with Gasteiger partial charge in [0.1, 0.15) is 5.75 Å². The number of H-pyrrole nitrogens is 1. The molecule has 1 unspecified atom stereocenters. The molecule has 0 bridgehead atoms. The molecule has 1 fully saturated rings. The van der Waals surface area contributed by atoms with Gasteiger partial charge in [0, 0.05) is 65.0 Å². The zero-order valence-electron chi connectivity index (χ0n) is 17.7. The van der Waals surface area contributed by atoms with Crippen molar-refractivity contribution in [1.82, 2.24) is 9.88 Å². The van der Waals surface area contributed by atoms with Crippen LogP contribution in [0.15, 0.2) is 64.8 Å². The molecule has 2 aromatic heterocycles. The fourth-order valence-corrected chi connectivity index (χ4v) is 5.29. The smallest absolute Gasteiger partial charge is 0.248 e. The largest absolute Gasteiger partial charge is 0.494 e. The lowest BCUT2D eigenvalue weighted by atomic mass is 10.1. The number of anilines is 1. The number of nitrogens with zero attached hydrogens (tertiary/aromatic N) is 2. The highest BCUT2D eigenvalue weighted by Crippen LogP contribution is 2.31. The summed E-state index contributed by atoms with van der Waals surface area (Å²) in [5.41, 5.74) is 2.12. The Balaban J connectivity index is 1.13. The molecule has 0 radical (unpaired) electrons. The van der Waals surface area contributed by atoms with Crippen LogP contribution in [0.4, 0.5) is 5.69 Å². The number of aromatic nitrogens is 1. The number of ether oxygens (including phenoxy) is 1. The fraction of sp³-hybridized carbons (Fsp3) is 0.320.